The number of halogens is 1. The number of hydrogen-bond donors (Lipinski definition) is 1. The molecule has 0 radical (unpaired) electrons. The maximum absolute atomic E-state index is 14.3. The molecule has 0 aliphatic heterocycles. The molecule has 1 unspecified atom stereocenters. The van der Waals surface area contributed by atoms with Crippen molar-refractivity contribution in [2.45, 2.75) is 26.3 Å². The molecule has 1 atom stereocenters. The van der Waals surface area contributed by atoms with Gasteiger partial charge in [-0.2, -0.15) is 0 Å². The number of pyridine rings is 1. The zero-order valence-electron chi connectivity index (χ0n) is 12.3. The van der Waals surface area contributed by atoms with Crippen molar-refractivity contribution in [3.05, 3.63) is 45.9 Å². The van der Waals surface area contributed by atoms with Crippen molar-refractivity contribution in [1.82, 2.24) is 10.3 Å². The molecule has 2 aromatic rings. The SMILES string of the molecule is CNC(Cc1c(F)cc([N+](=O)[O-])c2cccnc12)C(C)C. The van der Waals surface area contributed by atoms with E-state index in [1.165, 1.54) is 6.20 Å². The van der Waals surface area contributed by atoms with Gasteiger partial charge in [-0.05, 0) is 31.5 Å². The highest BCUT2D eigenvalue weighted by molar-refractivity contribution is 5.90. The third-order valence-electron chi connectivity index (χ3n) is 3.72. The number of rotatable bonds is 5. The predicted molar refractivity (Wildman–Crippen MR) is 79.7 cm³/mol. The molecule has 2 rings (SSSR count). The minimum atomic E-state index is -0.575. The van der Waals surface area contributed by atoms with Crippen molar-refractivity contribution in [2.24, 2.45) is 5.92 Å². The van der Waals surface area contributed by atoms with Crippen LogP contribution in [0.5, 0.6) is 0 Å². The second-order valence-corrected chi connectivity index (χ2v) is 5.36. The lowest BCUT2D eigenvalue weighted by atomic mass is 9.94. The van der Waals surface area contributed by atoms with E-state index in [0.29, 0.717) is 28.8 Å². The van der Waals surface area contributed by atoms with Gasteiger partial charge < -0.3 is 5.32 Å². The van der Waals surface area contributed by atoms with Crippen molar-refractivity contribution < 1.29 is 9.31 Å². The molecule has 112 valence electrons. The normalized spacial score (nSPS) is 12.8. The summed E-state index contributed by atoms with van der Waals surface area (Å²) < 4.78 is 14.3. The van der Waals surface area contributed by atoms with Gasteiger partial charge in [-0.1, -0.05) is 13.8 Å². The van der Waals surface area contributed by atoms with Crippen LogP contribution in [0.3, 0.4) is 0 Å². The van der Waals surface area contributed by atoms with E-state index in [4.69, 9.17) is 0 Å². The van der Waals surface area contributed by atoms with Crippen LogP contribution in [-0.4, -0.2) is 23.0 Å². The van der Waals surface area contributed by atoms with Crippen LogP contribution in [0, 0.1) is 21.8 Å². The Kier molecular flexibility index (Phi) is 4.47. The van der Waals surface area contributed by atoms with Crippen molar-refractivity contribution in [3.8, 4) is 0 Å². The van der Waals surface area contributed by atoms with Crippen LogP contribution in [0.25, 0.3) is 10.9 Å². The van der Waals surface area contributed by atoms with Gasteiger partial charge in [0, 0.05) is 17.8 Å². The summed E-state index contributed by atoms with van der Waals surface area (Å²) in [6, 6.07) is 4.29. The number of nitro groups is 1. The number of nitrogens with zero attached hydrogens (tertiary/aromatic N) is 2. The van der Waals surface area contributed by atoms with Crippen LogP contribution in [0.2, 0.25) is 0 Å². The summed E-state index contributed by atoms with van der Waals surface area (Å²) in [6.45, 7) is 4.08. The van der Waals surface area contributed by atoms with Crippen LogP contribution in [-0.2, 0) is 6.42 Å². The summed E-state index contributed by atoms with van der Waals surface area (Å²) in [6.07, 6.45) is 1.96. The van der Waals surface area contributed by atoms with Crippen LogP contribution in [0.1, 0.15) is 19.4 Å². The molecule has 1 aromatic carbocycles. The van der Waals surface area contributed by atoms with E-state index in [0.717, 1.165) is 6.07 Å². The molecular formula is C15H18FN3O2. The molecule has 0 bridgehead atoms. The number of fused-ring (bicyclic) bond motifs is 1. The zero-order chi connectivity index (χ0) is 15.6. The van der Waals surface area contributed by atoms with E-state index in [1.807, 2.05) is 20.9 Å². The van der Waals surface area contributed by atoms with Gasteiger partial charge in [0.2, 0.25) is 0 Å². The molecule has 1 aromatic heterocycles. The molecule has 1 heterocycles. The minimum Gasteiger partial charge on any atom is -0.316 e. The summed E-state index contributed by atoms with van der Waals surface area (Å²) >= 11 is 0. The highest BCUT2D eigenvalue weighted by Gasteiger charge is 2.22. The number of non-ortho nitro benzene ring substituents is 1. The van der Waals surface area contributed by atoms with Crippen molar-refractivity contribution in [1.29, 1.82) is 0 Å². The molecular weight excluding hydrogens is 273 g/mol. The van der Waals surface area contributed by atoms with E-state index in [1.54, 1.807) is 12.1 Å². The molecule has 0 aliphatic carbocycles. The monoisotopic (exact) mass is 291 g/mol. The summed E-state index contributed by atoms with van der Waals surface area (Å²) in [5, 5.41) is 14.6. The van der Waals surface area contributed by atoms with E-state index >= 15 is 0 Å². The zero-order valence-corrected chi connectivity index (χ0v) is 12.3. The quantitative estimate of drug-likeness (QED) is 0.679. The molecule has 21 heavy (non-hydrogen) atoms. The number of hydrogen-bond acceptors (Lipinski definition) is 4. The smallest absolute Gasteiger partial charge is 0.281 e. The Morgan fingerprint density at radius 3 is 2.76 bits per heavy atom. The molecule has 0 saturated heterocycles. The summed E-state index contributed by atoms with van der Waals surface area (Å²) in [7, 11) is 1.82. The third-order valence-corrected chi connectivity index (χ3v) is 3.72. The van der Waals surface area contributed by atoms with Crippen molar-refractivity contribution in [3.63, 3.8) is 0 Å². The molecule has 0 aliphatic rings. The van der Waals surface area contributed by atoms with Crippen LogP contribution in [0.4, 0.5) is 10.1 Å². The topological polar surface area (TPSA) is 68.1 Å². The molecule has 0 saturated carbocycles. The fourth-order valence-corrected chi connectivity index (χ4v) is 2.49. The van der Waals surface area contributed by atoms with Gasteiger partial charge in [-0.3, -0.25) is 15.1 Å². The maximum atomic E-state index is 14.3. The third kappa shape index (κ3) is 3.00. The molecule has 0 fully saturated rings. The molecule has 0 amide bonds. The van der Waals surface area contributed by atoms with E-state index < -0.39 is 10.7 Å². The number of aromatic nitrogens is 1. The standard InChI is InChI=1S/C15H18FN3O2/c1-9(2)13(17-3)7-11-12(16)8-14(19(20)21)10-5-4-6-18-15(10)11/h4-6,8-9,13,17H,7H2,1-3H3. The average Bonchev–Trinajstić information content (AvgIpc) is 2.45. The molecule has 0 spiro atoms. The highest BCUT2D eigenvalue weighted by atomic mass is 19.1. The largest absolute Gasteiger partial charge is 0.316 e. The van der Waals surface area contributed by atoms with E-state index in [9.17, 15) is 14.5 Å². The van der Waals surface area contributed by atoms with Gasteiger partial charge >= 0.3 is 0 Å². The Morgan fingerprint density at radius 1 is 1.48 bits per heavy atom. The van der Waals surface area contributed by atoms with Gasteiger partial charge in [0.25, 0.3) is 5.69 Å². The van der Waals surface area contributed by atoms with Crippen LogP contribution >= 0.6 is 0 Å². The highest BCUT2D eigenvalue weighted by Crippen LogP contribution is 2.30. The number of benzene rings is 1. The first kappa shape index (κ1) is 15.3. The Morgan fingerprint density at radius 2 is 2.19 bits per heavy atom. The van der Waals surface area contributed by atoms with Crippen molar-refractivity contribution in [2.75, 3.05) is 7.05 Å². The lowest BCUT2D eigenvalue weighted by molar-refractivity contribution is -0.383. The molecule has 1 N–H and O–H groups in total. The fraction of sp³-hybridized carbons (Fsp3) is 0.400. The fourth-order valence-electron chi connectivity index (χ4n) is 2.49. The predicted octanol–water partition coefficient (Wildman–Crippen LogP) is 3.07. The number of nitro benzene ring substituents is 1. The Bertz CT molecular complexity index is 673. The summed E-state index contributed by atoms with van der Waals surface area (Å²) in [4.78, 5) is 14.6. The van der Waals surface area contributed by atoms with Gasteiger partial charge in [-0.15, -0.1) is 0 Å². The average molecular weight is 291 g/mol. The maximum Gasteiger partial charge on any atom is 0.281 e. The Labute approximate surface area is 122 Å². The van der Waals surface area contributed by atoms with E-state index in [-0.39, 0.29) is 11.7 Å². The number of likely N-dealkylation sites (N-methyl/N-ethyl adjacent to an activating group) is 1. The summed E-state index contributed by atoms with van der Waals surface area (Å²) in [5.74, 6) is -0.267. The summed E-state index contributed by atoms with van der Waals surface area (Å²) in [5.41, 5.74) is 0.541. The van der Waals surface area contributed by atoms with Crippen LogP contribution in [0.15, 0.2) is 24.4 Å². The van der Waals surface area contributed by atoms with Gasteiger partial charge in [0.05, 0.1) is 21.9 Å². The Balaban J connectivity index is 2.62. The number of nitrogens with one attached hydrogen (secondary N) is 1. The minimum absolute atomic E-state index is 0.0752. The van der Waals surface area contributed by atoms with Crippen LogP contribution < -0.4 is 5.32 Å². The second kappa shape index (κ2) is 6.13. The second-order valence-electron chi connectivity index (χ2n) is 5.36. The van der Waals surface area contributed by atoms with E-state index in [2.05, 4.69) is 10.3 Å². The first-order valence-electron chi connectivity index (χ1n) is 6.83. The Hall–Kier alpha value is -2.08. The lowest BCUT2D eigenvalue weighted by Crippen LogP contribution is -2.33. The van der Waals surface area contributed by atoms with Gasteiger partial charge in [0.15, 0.2) is 0 Å². The molecule has 5 nitrogen and oxygen atoms in total. The molecule has 6 heteroatoms. The first-order valence-corrected chi connectivity index (χ1v) is 6.83. The van der Waals surface area contributed by atoms with Gasteiger partial charge in [-0.25, -0.2) is 4.39 Å². The van der Waals surface area contributed by atoms with Gasteiger partial charge in [0.1, 0.15) is 5.82 Å². The van der Waals surface area contributed by atoms with Crippen molar-refractivity contribution >= 4 is 16.6 Å². The first-order chi connectivity index (χ1) is 9.95. The lowest BCUT2D eigenvalue weighted by Gasteiger charge is -2.21.